The van der Waals surface area contributed by atoms with Crippen molar-refractivity contribution in [3.63, 3.8) is 0 Å². The van der Waals surface area contributed by atoms with Gasteiger partial charge in [0.2, 0.25) is 0 Å². The van der Waals surface area contributed by atoms with Gasteiger partial charge in [-0.05, 0) is 130 Å². The summed E-state index contributed by atoms with van der Waals surface area (Å²) in [7, 11) is 0. The van der Waals surface area contributed by atoms with Gasteiger partial charge in [-0.15, -0.1) is 0 Å². The molecule has 0 bridgehead atoms. The molecule has 0 heteroatoms. The van der Waals surface area contributed by atoms with E-state index in [1.54, 1.807) is 0 Å². The van der Waals surface area contributed by atoms with E-state index in [0.29, 0.717) is 0 Å². The molecule has 0 spiro atoms. The summed E-state index contributed by atoms with van der Waals surface area (Å²) in [6, 6.07) is 41.9. The predicted molar refractivity (Wildman–Crippen MR) is 207 cm³/mol. The lowest BCUT2D eigenvalue weighted by atomic mass is 9.89. The number of hydrogen-bond donors (Lipinski definition) is 0. The first kappa shape index (κ1) is 33.7. The Hall–Kier alpha value is -4.68. The van der Waals surface area contributed by atoms with Crippen LogP contribution in [0.5, 0.6) is 0 Å². The van der Waals surface area contributed by atoms with E-state index >= 15 is 0 Å². The molecule has 0 aliphatic carbocycles. The van der Waals surface area contributed by atoms with Gasteiger partial charge in [0.15, 0.2) is 0 Å². The predicted octanol–water partition coefficient (Wildman–Crippen LogP) is 13.4. The van der Waals surface area contributed by atoms with Gasteiger partial charge in [-0.3, -0.25) is 0 Å². The Morgan fingerprint density at radius 3 is 0.596 bits per heavy atom. The van der Waals surface area contributed by atoms with Crippen LogP contribution in [0.1, 0.15) is 69.5 Å². The summed E-state index contributed by atoms with van der Waals surface area (Å²) < 4.78 is 0. The molecule has 0 amide bonds. The van der Waals surface area contributed by atoms with Crippen LogP contribution < -0.4 is 0 Å². The maximum Gasteiger partial charge on any atom is -0.00249 e. The molecule has 0 nitrogen and oxygen atoms in total. The van der Waals surface area contributed by atoms with Crippen LogP contribution in [0.25, 0.3) is 44.5 Å². The summed E-state index contributed by atoms with van der Waals surface area (Å²) in [6.45, 7) is 21.5. The van der Waals surface area contributed by atoms with Gasteiger partial charge < -0.3 is 0 Å². The molecule has 0 N–H and O–H groups in total. The maximum atomic E-state index is 2.40. The Morgan fingerprint density at radius 2 is 0.404 bits per heavy atom. The fourth-order valence-corrected chi connectivity index (χ4v) is 7.06. The van der Waals surface area contributed by atoms with Gasteiger partial charge >= 0.3 is 0 Å². The van der Waals surface area contributed by atoms with Crippen molar-refractivity contribution >= 4 is 0 Å². The van der Waals surface area contributed by atoms with Crippen LogP contribution in [0.4, 0.5) is 0 Å². The first-order valence-corrected chi connectivity index (χ1v) is 17.1. The van der Waals surface area contributed by atoms with E-state index in [0.717, 1.165) is 6.42 Å². The fraction of sp³-hybridized carbons (Fsp3) is 0.234. The van der Waals surface area contributed by atoms with Crippen LogP contribution in [-0.4, -0.2) is 0 Å². The van der Waals surface area contributed by atoms with E-state index in [9.17, 15) is 0 Å². The van der Waals surface area contributed by atoms with Crippen molar-refractivity contribution < 1.29 is 0 Å². The minimum atomic E-state index is 0.854. The smallest absolute Gasteiger partial charge is 0.00249 e. The Bertz CT molecular complexity index is 1680. The maximum absolute atomic E-state index is 2.40. The topological polar surface area (TPSA) is 0 Å². The lowest BCUT2D eigenvalue weighted by molar-refractivity contribution is 1.19. The second-order valence-electron chi connectivity index (χ2n) is 13.5. The average Bonchev–Trinajstić information content (AvgIpc) is 3.00. The molecule has 0 heterocycles. The molecule has 0 atom stereocenters. The van der Waals surface area contributed by atoms with Gasteiger partial charge in [-0.1, -0.05) is 155 Å². The lowest BCUT2D eigenvalue weighted by Gasteiger charge is -2.15. The quantitative estimate of drug-likeness (QED) is 0.175. The lowest BCUT2D eigenvalue weighted by Crippen LogP contribution is -1.95. The fourth-order valence-electron chi connectivity index (χ4n) is 7.06. The zero-order valence-electron chi connectivity index (χ0n) is 30.1. The molecule has 47 heavy (non-hydrogen) atoms. The highest BCUT2D eigenvalue weighted by molar-refractivity contribution is 5.78. The van der Waals surface area contributed by atoms with Crippen LogP contribution in [-0.2, 0) is 6.42 Å². The second kappa shape index (κ2) is 14.4. The van der Waals surface area contributed by atoms with E-state index in [-0.39, 0.29) is 0 Å². The number of aryl methyl sites for hydroxylation is 8. The van der Waals surface area contributed by atoms with Gasteiger partial charge in [0.1, 0.15) is 0 Å². The molecular formula is C47H50. The van der Waals surface area contributed by atoms with Gasteiger partial charge in [0.25, 0.3) is 0 Å². The molecular weight excluding hydrogens is 565 g/mol. The van der Waals surface area contributed by atoms with Gasteiger partial charge in [-0.2, -0.15) is 0 Å². The Morgan fingerprint density at radius 1 is 0.234 bits per heavy atom. The standard InChI is InChI=1S/C45H44.C2H6/c1-28-9-29(2)14-38(13-28)42-22-36(23-43(26-42)39-15-30(3)10-31(4)16-39)21-37-24-44(40-17-32(5)11-33(6)18-40)27-45(25-37)41-19-34(7)12-35(8)20-41;1-2/h9-20,22-27H,21H2,1-8H3;1-2H3. The number of rotatable bonds is 6. The summed E-state index contributed by atoms with van der Waals surface area (Å²) in [5.74, 6) is 0. The summed E-state index contributed by atoms with van der Waals surface area (Å²) in [6.07, 6.45) is 0.854. The number of hydrogen-bond acceptors (Lipinski definition) is 0. The SMILES string of the molecule is CC.Cc1cc(C)cc(-c2cc(Cc3cc(-c4cc(C)cc(C)c4)cc(-c4cc(C)cc(C)c4)c3)cc(-c3cc(C)cc(C)c3)c2)c1. The Labute approximate surface area is 284 Å². The van der Waals surface area contributed by atoms with Crippen LogP contribution in [0.2, 0.25) is 0 Å². The first-order chi connectivity index (χ1) is 22.5. The van der Waals surface area contributed by atoms with Crippen molar-refractivity contribution in [3.8, 4) is 44.5 Å². The molecule has 0 radical (unpaired) electrons. The molecule has 0 saturated heterocycles. The first-order valence-electron chi connectivity index (χ1n) is 17.1. The van der Waals surface area contributed by atoms with Crippen molar-refractivity contribution in [3.05, 3.63) is 165 Å². The van der Waals surface area contributed by atoms with Crippen LogP contribution in [0, 0.1) is 55.4 Å². The average molecular weight is 615 g/mol. The van der Waals surface area contributed by atoms with Gasteiger partial charge in [0.05, 0.1) is 0 Å². The van der Waals surface area contributed by atoms with Crippen molar-refractivity contribution in [1.82, 2.24) is 0 Å². The minimum Gasteiger partial charge on any atom is -0.0683 e. The van der Waals surface area contributed by atoms with E-state index in [1.165, 1.54) is 100 Å². The van der Waals surface area contributed by atoms with Crippen molar-refractivity contribution in [2.75, 3.05) is 0 Å². The molecule has 0 aliphatic rings. The molecule has 6 aromatic rings. The Balaban J connectivity index is 0.00000213. The molecule has 0 aromatic heterocycles. The zero-order valence-corrected chi connectivity index (χ0v) is 30.1. The highest BCUT2D eigenvalue weighted by Gasteiger charge is 2.12. The van der Waals surface area contributed by atoms with E-state index in [2.05, 4.69) is 165 Å². The monoisotopic (exact) mass is 614 g/mol. The van der Waals surface area contributed by atoms with Crippen molar-refractivity contribution in [1.29, 1.82) is 0 Å². The van der Waals surface area contributed by atoms with Crippen molar-refractivity contribution in [2.45, 2.75) is 75.7 Å². The molecule has 238 valence electrons. The molecule has 0 aliphatic heterocycles. The van der Waals surface area contributed by atoms with E-state index in [1.807, 2.05) is 13.8 Å². The third-order valence-electron chi connectivity index (χ3n) is 8.61. The third kappa shape index (κ3) is 8.38. The second-order valence-corrected chi connectivity index (χ2v) is 13.5. The van der Waals surface area contributed by atoms with E-state index < -0.39 is 0 Å². The van der Waals surface area contributed by atoms with Crippen LogP contribution >= 0.6 is 0 Å². The highest BCUT2D eigenvalue weighted by Crippen LogP contribution is 2.34. The summed E-state index contributed by atoms with van der Waals surface area (Å²) in [5, 5.41) is 0. The summed E-state index contributed by atoms with van der Waals surface area (Å²) >= 11 is 0. The normalized spacial score (nSPS) is 10.9. The Kier molecular flexibility index (Phi) is 10.3. The molecule has 0 fully saturated rings. The summed E-state index contributed by atoms with van der Waals surface area (Å²) in [4.78, 5) is 0. The molecule has 6 aromatic carbocycles. The minimum absolute atomic E-state index is 0.854. The molecule has 6 rings (SSSR count). The van der Waals surface area contributed by atoms with E-state index in [4.69, 9.17) is 0 Å². The van der Waals surface area contributed by atoms with Gasteiger partial charge in [-0.25, -0.2) is 0 Å². The third-order valence-corrected chi connectivity index (χ3v) is 8.61. The highest BCUT2D eigenvalue weighted by atomic mass is 14.2. The number of benzene rings is 6. The largest absolute Gasteiger partial charge is 0.0683 e. The van der Waals surface area contributed by atoms with Crippen molar-refractivity contribution in [2.24, 2.45) is 0 Å². The zero-order chi connectivity index (χ0) is 33.8. The van der Waals surface area contributed by atoms with Crippen LogP contribution in [0.15, 0.2) is 109 Å². The van der Waals surface area contributed by atoms with Gasteiger partial charge in [0, 0.05) is 0 Å². The molecule has 0 saturated carbocycles. The summed E-state index contributed by atoms with van der Waals surface area (Å²) in [5.41, 5.74) is 23.2. The van der Waals surface area contributed by atoms with Crippen LogP contribution in [0.3, 0.4) is 0 Å². The molecule has 0 unspecified atom stereocenters.